The molecular weight excluding hydrogens is 408 g/mol. The molecule has 1 N–H and O–H groups in total. The number of aromatic nitrogens is 5. The van der Waals surface area contributed by atoms with Crippen LogP contribution in [0.15, 0.2) is 73.3 Å². The second-order valence-corrected chi connectivity index (χ2v) is 8.16. The molecule has 5 aromatic rings. The molecular formula is C27H24N6. The average molecular weight is 433 g/mol. The lowest BCUT2D eigenvalue weighted by molar-refractivity contribution is 1.08. The Balaban J connectivity index is 1.38. The summed E-state index contributed by atoms with van der Waals surface area (Å²) in [5.41, 5.74) is 9.13. The predicted molar refractivity (Wildman–Crippen MR) is 132 cm³/mol. The van der Waals surface area contributed by atoms with Gasteiger partial charge < -0.3 is 5.32 Å². The van der Waals surface area contributed by atoms with Crippen molar-refractivity contribution in [1.82, 2.24) is 24.9 Å². The maximum atomic E-state index is 4.84. The first-order valence-corrected chi connectivity index (χ1v) is 10.9. The van der Waals surface area contributed by atoms with Crippen molar-refractivity contribution >= 4 is 16.7 Å². The van der Waals surface area contributed by atoms with Gasteiger partial charge >= 0.3 is 0 Å². The normalized spacial score (nSPS) is 11.0. The summed E-state index contributed by atoms with van der Waals surface area (Å²) in [6.07, 6.45) is 7.34. The van der Waals surface area contributed by atoms with Gasteiger partial charge in [-0.3, -0.25) is 15.0 Å². The van der Waals surface area contributed by atoms with Crippen LogP contribution in [0.1, 0.15) is 22.5 Å². The van der Waals surface area contributed by atoms with Gasteiger partial charge in [0.2, 0.25) is 0 Å². The lowest BCUT2D eigenvalue weighted by Crippen LogP contribution is -2.04. The van der Waals surface area contributed by atoms with Crippen molar-refractivity contribution in [2.75, 3.05) is 5.32 Å². The average Bonchev–Trinajstić information content (AvgIpc) is 2.82. The molecule has 0 aliphatic heterocycles. The van der Waals surface area contributed by atoms with Crippen molar-refractivity contribution in [2.45, 2.75) is 27.3 Å². The van der Waals surface area contributed by atoms with E-state index in [1.165, 1.54) is 0 Å². The van der Waals surface area contributed by atoms with Gasteiger partial charge in [-0.15, -0.1) is 0 Å². The molecule has 0 radical (unpaired) electrons. The minimum Gasteiger partial charge on any atom is -0.365 e. The van der Waals surface area contributed by atoms with E-state index in [0.29, 0.717) is 6.54 Å². The smallest absolute Gasteiger partial charge is 0.135 e. The zero-order valence-corrected chi connectivity index (χ0v) is 18.9. The Morgan fingerprint density at radius 3 is 2.21 bits per heavy atom. The van der Waals surface area contributed by atoms with Gasteiger partial charge in [0.15, 0.2) is 0 Å². The van der Waals surface area contributed by atoms with Crippen molar-refractivity contribution in [3.63, 3.8) is 0 Å². The maximum absolute atomic E-state index is 4.84. The Labute approximate surface area is 192 Å². The lowest BCUT2D eigenvalue weighted by Gasteiger charge is -2.11. The van der Waals surface area contributed by atoms with Gasteiger partial charge in [0, 0.05) is 59.2 Å². The number of hydrogen-bond acceptors (Lipinski definition) is 6. The highest BCUT2D eigenvalue weighted by Crippen LogP contribution is 2.26. The van der Waals surface area contributed by atoms with Crippen LogP contribution in [-0.4, -0.2) is 24.9 Å². The molecule has 0 aromatic carbocycles. The largest absolute Gasteiger partial charge is 0.365 e. The van der Waals surface area contributed by atoms with Crippen LogP contribution in [0.5, 0.6) is 0 Å². The predicted octanol–water partition coefficient (Wildman–Crippen LogP) is 5.69. The highest BCUT2D eigenvalue weighted by atomic mass is 15.0. The number of hydrogen-bond donors (Lipinski definition) is 1. The molecule has 5 rings (SSSR count). The molecule has 0 aliphatic carbocycles. The van der Waals surface area contributed by atoms with Gasteiger partial charge in [-0.2, -0.15) is 0 Å². The molecule has 0 aliphatic rings. The molecule has 0 saturated carbocycles. The van der Waals surface area contributed by atoms with Crippen LogP contribution in [0, 0.1) is 20.8 Å². The fraction of sp³-hybridized carbons (Fsp3) is 0.148. The second kappa shape index (κ2) is 8.74. The Bertz CT molecular complexity index is 1460. The topological polar surface area (TPSA) is 76.5 Å². The Morgan fingerprint density at radius 2 is 1.45 bits per heavy atom. The third kappa shape index (κ3) is 4.41. The van der Waals surface area contributed by atoms with Crippen LogP contribution in [0.4, 0.5) is 5.82 Å². The maximum Gasteiger partial charge on any atom is 0.135 e. The molecule has 0 atom stereocenters. The van der Waals surface area contributed by atoms with E-state index in [1.807, 2.05) is 62.8 Å². The van der Waals surface area contributed by atoms with E-state index in [-0.39, 0.29) is 0 Å². The molecule has 0 fully saturated rings. The second-order valence-electron chi connectivity index (χ2n) is 8.16. The van der Waals surface area contributed by atoms with Crippen molar-refractivity contribution in [1.29, 1.82) is 0 Å². The molecule has 0 spiro atoms. The fourth-order valence-electron chi connectivity index (χ4n) is 3.97. The fourth-order valence-corrected chi connectivity index (χ4v) is 3.97. The van der Waals surface area contributed by atoms with Gasteiger partial charge in [0.05, 0.1) is 16.9 Å². The summed E-state index contributed by atoms with van der Waals surface area (Å²) in [5, 5.41) is 4.44. The van der Waals surface area contributed by atoms with Gasteiger partial charge in [0.1, 0.15) is 5.82 Å². The van der Waals surface area contributed by atoms with Crippen LogP contribution in [-0.2, 0) is 6.54 Å². The zero-order chi connectivity index (χ0) is 22.8. The monoisotopic (exact) mass is 432 g/mol. The van der Waals surface area contributed by atoms with E-state index < -0.39 is 0 Å². The van der Waals surface area contributed by atoms with E-state index in [2.05, 4.69) is 45.4 Å². The van der Waals surface area contributed by atoms with Crippen LogP contribution < -0.4 is 5.32 Å². The molecule has 6 heteroatoms. The first kappa shape index (κ1) is 20.7. The molecule has 5 aromatic heterocycles. The van der Waals surface area contributed by atoms with Crippen molar-refractivity contribution in [3.05, 3.63) is 95.8 Å². The molecule has 0 amide bonds. The van der Waals surface area contributed by atoms with Crippen LogP contribution >= 0.6 is 0 Å². The number of aryl methyl sites for hydroxylation is 3. The highest BCUT2D eigenvalue weighted by Gasteiger charge is 2.09. The van der Waals surface area contributed by atoms with E-state index in [9.17, 15) is 0 Å². The lowest BCUT2D eigenvalue weighted by atomic mass is 10.1. The SMILES string of the molecule is Cc1cc(-c2ccc3c(NCc4cnc(-c5ccnc(C)c5)c(C)c4)nccc3n2)ccn1. The first-order chi connectivity index (χ1) is 16.1. The Kier molecular flexibility index (Phi) is 5.48. The summed E-state index contributed by atoms with van der Waals surface area (Å²) in [7, 11) is 0. The van der Waals surface area contributed by atoms with E-state index in [0.717, 1.165) is 61.8 Å². The molecule has 33 heavy (non-hydrogen) atoms. The molecule has 0 unspecified atom stereocenters. The number of rotatable bonds is 5. The van der Waals surface area contributed by atoms with Crippen LogP contribution in [0.3, 0.4) is 0 Å². The number of anilines is 1. The molecule has 0 bridgehead atoms. The molecule has 162 valence electrons. The Morgan fingerprint density at radius 1 is 0.727 bits per heavy atom. The number of pyridine rings is 5. The van der Waals surface area contributed by atoms with E-state index in [1.54, 1.807) is 6.20 Å². The van der Waals surface area contributed by atoms with Gasteiger partial charge in [-0.1, -0.05) is 6.07 Å². The van der Waals surface area contributed by atoms with Gasteiger partial charge in [-0.25, -0.2) is 9.97 Å². The minimum atomic E-state index is 0.626. The molecule has 0 saturated heterocycles. The van der Waals surface area contributed by atoms with Crippen molar-refractivity contribution in [3.8, 4) is 22.5 Å². The third-order valence-corrected chi connectivity index (χ3v) is 5.57. The summed E-state index contributed by atoms with van der Waals surface area (Å²) < 4.78 is 0. The van der Waals surface area contributed by atoms with Crippen LogP contribution in [0.25, 0.3) is 33.4 Å². The van der Waals surface area contributed by atoms with Gasteiger partial charge in [0.25, 0.3) is 0 Å². The number of nitrogens with one attached hydrogen (secondary N) is 1. The van der Waals surface area contributed by atoms with Crippen LogP contribution in [0.2, 0.25) is 0 Å². The summed E-state index contributed by atoms with van der Waals surface area (Å²) in [6.45, 7) is 6.69. The number of nitrogens with zero attached hydrogens (tertiary/aromatic N) is 5. The van der Waals surface area contributed by atoms with Crippen molar-refractivity contribution in [2.24, 2.45) is 0 Å². The molecule has 5 heterocycles. The minimum absolute atomic E-state index is 0.626. The summed E-state index contributed by atoms with van der Waals surface area (Å²) in [5.74, 6) is 0.809. The first-order valence-electron chi connectivity index (χ1n) is 10.9. The quantitative estimate of drug-likeness (QED) is 0.385. The van der Waals surface area contributed by atoms with E-state index >= 15 is 0 Å². The third-order valence-electron chi connectivity index (χ3n) is 5.57. The summed E-state index contributed by atoms with van der Waals surface area (Å²) in [4.78, 5) is 22.6. The number of fused-ring (bicyclic) bond motifs is 1. The summed E-state index contributed by atoms with van der Waals surface area (Å²) >= 11 is 0. The molecule has 6 nitrogen and oxygen atoms in total. The summed E-state index contributed by atoms with van der Waals surface area (Å²) in [6, 6.07) is 16.3. The van der Waals surface area contributed by atoms with E-state index in [4.69, 9.17) is 9.97 Å². The Hall–Kier alpha value is -4.19. The standard InChI is InChI=1S/C27H24N6/c1-17-12-20(15-31-26(17)22-7-10-29-19(3)14-22)16-32-27-23-4-5-24(33-25(23)8-11-30-27)21-6-9-28-18(2)13-21/h4-15H,16H2,1-3H3,(H,30,32). The van der Waals surface area contributed by atoms with Crippen molar-refractivity contribution < 1.29 is 0 Å². The highest BCUT2D eigenvalue weighted by molar-refractivity contribution is 5.90. The zero-order valence-electron chi connectivity index (χ0n) is 18.9. The van der Waals surface area contributed by atoms with Gasteiger partial charge in [-0.05, 0) is 74.4 Å².